The van der Waals surface area contributed by atoms with Crippen molar-refractivity contribution >= 4 is 37.5 Å². The lowest BCUT2D eigenvalue weighted by Gasteiger charge is -2.25. The maximum Gasteiger partial charge on any atom is 0.238 e. The van der Waals surface area contributed by atoms with Crippen molar-refractivity contribution in [3.8, 4) is 0 Å². The molecule has 1 aromatic rings. The third-order valence-corrected chi connectivity index (χ3v) is 5.49. The van der Waals surface area contributed by atoms with Gasteiger partial charge in [0.15, 0.2) is 0 Å². The van der Waals surface area contributed by atoms with E-state index >= 15 is 0 Å². The van der Waals surface area contributed by atoms with Gasteiger partial charge in [-0.1, -0.05) is 6.92 Å². The van der Waals surface area contributed by atoms with Crippen LogP contribution in [-0.4, -0.2) is 27.4 Å². The Hall–Kier alpha value is -0.960. The molecule has 6 nitrogen and oxygen atoms in total. The molecule has 0 bridgehead atoms. The molecule has 1 unspecified atom stereocenters. The van der Waals surface area contributed by atoms with Crippen molar-refractivity contribution in [2.24, 2.45) is 10.6 Å². The van der Waals surface area contributed by atoms with E-state index in [4.69, 9.17) is 5.14 Å². The second-order valence-corrected chi connectivity index (χ2v) is 7.62. The fourth-order valence-electron chi connectivity index (χ4n) is 2.43. The summed E-state index contributed by atoms with van der Waals surface area (Å²) in [5.74, 6) is -0.0564. The van der Waals surface area contributed by atoms with Gasteiger partial charge in [-0.3, -0.25) is 4.79 Å². The maximum absolute atomic E-state index is 12.5. The van der Waals surface area contributed by atoms with Crippen molar-refractivity contribution in [2.45, 2.75) is 24.7 Å². The van der Waals surface area contributed by atoms with E-state index in [0.717, 1.165) is 19.4 Å². The predicted molar refractivity (Wildman–Crippen MR) is 84.4 cm³/mol. The molecule has 8 heteroatoms. The number of nitrogens with two attached hydrogens (primary N) is 1. The van der Waals surface area contributed by atoms with Crippen LogP contribution in [0.5, 0.6) is 0 Å². The van der Waals surface area contributed by atoms with Crippen molar-refractivity contribution in [2.75, 3.05) is 18.4 Å². The van der Waals surface area contributed by atoms with Crippen LogP contribution in [0.1, 0.15) is 19.8 Å². The Labute approximate surface area is 132 Å². The minimum atomic E-state index is -3.76. The van der Waals surface area contributed by atoms with Crippen LogP contribution in [0.15, 0.2) is 27.6 Å². The molecule has 1 atom stereocenters. The number of anilines is 1. The molecule has 0 aliphatic carbocycles. The predicted octanol–water partition coefficient (Wildman–Crippen LogP) is 1.42. The standard InChI is InChI=1S/C13H18BrN3O3S/c1-2-13(5-6-16-8-13)12(18)17-11-4-3-9(7-10(11)14)21(15,19)20/h3-4,7,16H,2,5-6,8H2,1H3,(H,17,18)(H2,15,19,20). The van der Waals surface area contributed by atoms with Crippen LogP contribution in [0.25, 0.3) is 0 Å². The summed E-state index contributed by atoms with van der Waals surface area (Å²) < 4.78 is 23.1. The number of rotatable bonds is 4. The van der Waals surface area contributed by atoms with E-state index in [1.807, 2.05) is 6.92 Å². The number of carbonyl (C=O) groups is 1. The molecule has 0 radical (unpaired) electrons. The summed E-state index contributed by atoms with van der Waals surface area (Å²) in [5.41, 5.74) is 0.130. The number of hydrogen-bond donors (Lipinski definition) is 3. The Kier molecular flexibility index (Phi) is 4.72. The second-order valence-electron chi connectivity index (χ2n) is 5.20. The Balaban J connectivity index is 2.22. The minimum Gasteiger partial charge on any atom is -0.325 e. The van der Waals surface area contributed by atoms with Crippen LogP contribution >= 0.6 is 15.9 Å². The number of benzene rings is 1. The summed E-state index contributed by atoms with van der Waals surface area (Å²) in [6, 6.07) is 4.30. The van der Waals surface area contributed by atoms with Gasteiger partial charge in [-0.2, -0.15) is 0 Å². The van der Waals surface area contributed by atoms with Crippen LogP contribution in [0.2, 0.25) is 0 Å². The quantitative estimate of drug-likeness (QED) is 0.740. The molecule has 1 heterocycles. The van der Waals surface area contributed by atoms with Crippen LogP contribution in [0.4, 0.5) is 5.69 Å². The van der Waals surface area contributed by atoms with Gasteiger partial charge in [-0.15, -0.1) is 0 Å². The Bertz CT molecular complexity index is 655. The smallest absolute Gasteiger partial charge is 0.238 e. The molecule has 0 saturated carbocycles. The number of nitrogens with one attached hydrogen (secondary N) is 2. The van der Waals surface area contributed by atoms with E-state index in [1.54, 1.807) is 0 Å². The second kappa shape index (κ2) is 6.04. The molecule has 21 heavy (non-hydrogen) atoms. The van der Waals surface area contributed by atoms with E-state index in [-0.39, 0.29) is 10.8 Å². The van der Waals surface area contributed by atoms with Gasteiger partial charge in [-0.25, -0.2) is 13.6 Å². The zero-order valence-corrected chi connectivity index (χ0v) is 14.1. The molecular formula is C13H18BrN3O3S. The fourth-order valence-corrected chi connectivity index (χ4v) is 3.60. The molecule has 4 N–H and O–H groups in total. The summed E-state index contributed by atoms with van der Waals surface area (Å²) in [7, 11) is -3.76. The van der Waals surface area contributed by atoms with Gasteiger partial charge in [-0.05, 0) is 53.5 Å². The topological polar surface area (TPSA) is 101 Å². The highest BCUT2D eigenvalue weighted by molar-refractivity contribution is 9.10. The van der Waals surface area contributed by atoms with E-state index < -0.39 is 15.4 Å². The Morgan fingerprint density at radius 3 is 2.71 bits per heavy atom. The maximum atomic E-state index is 12.5. The number of sulfonamides is 1. The number of amides is 1. The number of halogens is 1. The van der Waals surface area contributed by atoms with Gasteiger partial charge in [0.1, 0.15) is 0 Å². The first kappa shape index (κ1) is 16.4. The number of primary sulfonamides is 1. The van der Waals surface area contributed by atoms with E-state index in [0.29, 0.717) is 16.7 Å². The minimum absolute atomic E-state index is 0.000104. The van der Waals surface area contributed by atoms with Crippen LogP contribution in [-0.2, 0) is 14.8 Å². The van der Waals surface area contributed by atoms with Crippen LogP contribution in [0, 0.1) is 5.41 Å². The molecule has 1 saturated heterocycles. The highest BCUT2D eigenvalue weighted by Crippen LogP contribution is 2.33. The Morgan fingerprint density at radius 1 is 1.52 bits per heavy atom. The van der Waals surface area contributed by atoms with E-state index in [1.165, 1.54) is 18.2 Å². The van der Waals surface area contributed by atoms with Crippen molar-refractivity contribution in [3.05, 3.63) is 22.7 Å². The normalized spacial score (nSPS) is 22.2. The van der Waals surface area contributed by atoms with Crippen molar-refractivity contribution in [3.63, 3.8) is 0 Å². The summed E-state index contributed by atoms with van der Waals surface area (Å²) >= 11 is 3.27. The third kappa shape index (κ3) is 3.45. The van der Waals surface area contributed by atoms with Gasteiger partial charge in [0.2, 0.25) is 15.9 Å². The Morgan fingerprint density at radius 2 is 2.24 bits per heavy atom. The lowest BCUT2D eigenvalue weighted by atomic mass is 9.83. The van der Waals surface area contributed by atoms with Crippen molar-refractivity contribution < 1.29 is 13.2 Å². The summed E-state index contributed by atoms with van der Waals surface area (Å²) in [6.07, 6.45) is 1.54. The molecule has 1 fully saturated rings. The fraction of sp³-hybridized carbons (Fsp3) is 0.462. The SMILES string of the molecule is CCC1(C(=O)Nc2ccc(S(N)(=O)=O)cc2Br)CCNC1. The van der Waals surface area contributed by atoms with Crippen LogP contribution in [0.3, 0.4) is 0 Å². The summed E-state index contributed by atoms with van der Waals surface area (Å²) in [4.78, 5) is 12.5. The molecule has 1 aliphatic rings. The first-order chi connectivity index (χ1) is 9.78. The van der Waals surface area contributed by atoms with E-state index in [9.17, 15) is 13.2 Å². The average molecular weight is 376 g/mol. The molecule has 1 amide bonds. The monoisotopic (exact) mass is 375 g/mol. The molecule has 2 rings (SSSR count). The zero-order chi connectivity index (χ0) is 15.7. The number of carbonyl (C=O) groups excluding carboxylic acids is 1. The number of hydrogen-bond acceptors (Lipinski definition) is 4. The molecular weight excluding hydrogens is 358 g/mol. The van der Waals surface area contributed by atoms with Gasteiger partial charge in [0.25, 0.3) is 0 Å². The van der Waals surface area contributed by atoms with Gasteiger partial charge in [0.05, 0.1) is 16.0 Å². The van der Waals surface area contributed by atoms with Crippen molar-refractivity contribution in [1.29, 1.82) is 0 Å². The average Bonchev–Trinajstić information content (AvgIpc) is 2.90. The molecule has 1 aliphatic heterocycles. The highest BCUT2D eigenvalue weighted by Gasteiger charge is 2.39. The summed E-state index contributed by atoms with van der Waals surface area (Å²) in [6.45, 7) is 3.47. The summed E-state index contributed by atoms with van der Waals surface area (Å²) in [5, 5.41) is 11.1. The largest absolute Gasteiger partial charge is 0.325 e. The third-order valence-electron chi connectivity index (χ3n) is 3.92. The first-order valence-corrected chi connectivity index (χ1v) is 8.97. The van der Waals surface area contributed by atoms with Crippen LogP contribution < -0.4 is 15.8 Å². The zero-order valence-electron chi connectivity index (χ0n) is 11.6. The van der Waals surface area contributed by atoms with E-state index in [2.05, 4.69) is 26.6 Å². The highest BCUT2D eigenvalue weighted by atomic mass is 79.9. The lowest BCUT2D eigenvalue weighted by molar-refractivity contribution is -0.124. The molecule has 0 aromatic heterocycles. The van der Waals surface area contributed by atoms with Crippen molar-refractivity contribution in [1.82, 2.24) is 5.32 Å². The van der Waals surface area contributed by atoms with Gasteiger partial charge < -0.3 is 10.6 Å². The van der Waals surface area contributed by atoms with Gasteiger partial charge in [0, 0.05) is 11.0 Å². The molecule has 1 aromatic carbocycles. The lowest BCUT2D eigenvalue weighted by Crippen LogP contribution is -2.37. The van der Waals surface area contributed by atoms with Gasteiger partial charge >= 0.3 is 0 Å². The first-order valence-electron chi connectivity index (χ1n) is 6.63. The molecule has 0 spiro atoms. The molecule has 116 valence electrons.